The fraction of sp³-hybridized carbons (Fsp3) is 0.222. The Morgan fingerprint density at radius 1 is 1.50 bits per heavy atom. The zero-order valence-corrected chi connectivity index (χ0v) is 9.27. The van der Waals surface area contributed by atoms with Crippen LogP contribution in [0.2, 0.25) is 0 Å². The summed E-state index contributed by atoms with van der Waals surface area (Å²) in [5.74, 6) is 0.792. The summed E-state index contributed by atoms with van der Waals surface area (Å²) in [7, 11) is 0. The minimum atomic E-state index is 0.792. The predicted octanol–water partition coefficient (Wildman–Crippen LogP) is 2.12. The topological polar surface area (TPSA) is 43.6 Å². The fourth-order valence-electron chi connectivity index (χ4n) is 1.22. The Labute approximate surface area is 90.1 Å². The summed E-state index contributed by atoms with van der Waals surface area (Å²) in [6, 6.07) is 3.82. The van der Waals surface area contributed by atoms with Crippen molar-refractivity contribution in [3.63, 3.8) is 0 Å². The smallest absolute Gasteiger partial charge is 0.183 e. The Hall–Kier alpha value is -1.23. The average molecular weight is 253 g/mol. The summed E-state index contributed by atoms with van der Waals surface area (Å²) >= 11 is 3.44. The fourth-order valence-corrected chi connectivity index (χ4v) is 1.65. The third-order valence-electron chi connectivity index (χ3n) is 1.93. The summed E-state index contributed by atoms with van der Waals surface area (Å²) in [5.41, 5.74) is 0.826. The van der Waals surface area contributed by atoms with E-state index in [-0.39, 0.29) is 0 Å². The van der Waals surface area contributed by atoms with E-state index in [9.17, 15) is 0 Å². The number of aromatic nitrogens is 4. The number of hydrogen-bond acceptors (Lipinski definition) is 3. The Morgan fingerprint density at radius 2 is 2.36 bits per heavy atom. The van der Waals surface area contributed by atoms with Crippen molar-refractivity contribution in [3.8, 4) is 11.5 Å². The first-order valence-corrected chi connectivity index (χ1v) is 5.11. The number of rotatable bonds is 2. The first-order valence-electron chi connectivity index (χ1n) is 4.31. The van der Waals surface area contributed by atoms with Gasteiger partial charge in [0.1, 0.15) is 12.0 Å². The molecule has 14 heavy (non-hydrogen) atoms. The van der Waals surface area contributed by atoms with E-state index in [1.54, 1.807) is 12.5 Å². The SMILES string of the molecule is CCn1cnnc1-c1ncccc1Br. The highest BCUT2D eigenvalue weighted by Crippen LogP contribution is 2.23. The van der Waals surface area contributed by atoms with Crippen LogP contribution in [0, 0.1) is 0 Å². The Morgan fingerprint density at radius 3 is 3.07 bits per heavy atom. The molecule has 0 amide bonds. The summed E-state index contributed by atoms with van der Waals surface area (Å²) in [5, 5.41) is 7.90. The molecule has 4 nitrogen and oxygen atoms in total. The van der Waals surface area contributed by atoms with Gasteiger partial charge in [0, 0.05) is 17.2 Å². The molecule has 0 aliphatic rings. The lowest BCUT2D eigenvalue weighted by Crippen LogP contribution is -1.98. The molecule has 0 aromatic carbocycles. The molecule has 0 saturated carbocycles. The number of nitrogens with zero attached hydrogens (tertiary/aromatic N) is 4. The summed E-state index contributed by atoms with van der Waals surface area (Å²) < 4.78 is 2.88. The average Bonchev–Trinajstić information content (AvgIpc) is 2.66. The maximum atomic E-state index is 4.26. The zero-order chi connectivity index (χ0) is 9.97. The highest BCUT2D eigenvalue weighted by molar-refractivity contribution is 9.10. The van der Waals surface area contributed by atoms with Gasteiger partial charge in [0.05, 0.1) is 0 Å². The molecule has 0 bridgehead atoms. The highest BCUT2D eigenvalue weighted by Gasteiger charge is 2.10. The first-order chi connectivity index (χ1) is 6.83. The van der Waals surface area contributed by atoms with Crippen LogP contribution in [0.1, 0.15) is 6.92 Å². The van der Waals surface area contributed by atoms with Crippen molar-refractivity contribution in [2.45, 2.75) is 13.5 Å². The van der Waals surface area contributed by atoms with Gasteiger partial charge in [0.15, 0.2) is 5.82 Å². The Bertz CT molecular complexity index is 438. The number of hydrogen-bond donors (Lipinski definition) is 0. The van der Waals surface area contributed by atoms with Crippen LogP contribution in [0.25, 0.3) is 11.5 Å². The molecular weight excluding hydrogens is 244 g/mol. The second kappa shape index (κ2) is 3.88. The zero-order valence-electron chi connectivity index (χ0n) is 7.68. The van der Waals surface area contributed by atoms with Gasteiger partial charge in [0.25, 0.3) is 0 Å². The maximum Gasteiger partial charge on any atom is 0.183 e. The summed E-state index contributed by atoms with van der Waals surface area (Å²) in [6.07, 6.45) is 3.45. The molecule has 2 heterocycles. The largest absolute Gasteiger partial charge is 0.313 e. The van der Waals surface area contributed by atoms with E-state index >= 15 is 0 Å². The van der Waals surface area contributed by atoms with Gasteiger partial charge in [-0.2, -0.15) is 0 Å². The van der Waals surface area contributed by atoms with Crippen molar-refractivity contribution in [2.24, 2.45) is 0 Å². The van der Waals surface area contributed by atoms with Gasteiger partial charge < -0.3 is 4.57 Å². The minimum absolute atomic E-state index is 0.792. The van der Waals surface area contributed by atoms with Crippen LogP contribution in [0.5, 0.6) is 0 Å². The molecule has 2 aromatic heterocycles. The Kier molecular flexibility index (Phi) is 2.58. The minimum Gasteiger partial charge on any atom is -0.313 e. The molecule has 0 atom stereocenters. The van der Waals surface area contributed by atoms with E-state index in [0.29, 0.717) is 0 Å². The number of aryl methyl sites for hydroxylation is 1. The van der Waals surface area contributed by atoms with E-state index in [2.05, 4.69) is 31.1 Å². The van der Waals surface area contributed by atoms with Gasteiger partial charge in [-0.15, -0.1) is 10.2 Å². The Balaban J connectivity index is 2.54. The molecule has 2 aromatic rings. The summed E-state index contributed by atoms with van der Waals surface area (Å²) in [4.78, 5) is 4.26. The monoisotopic (exact) mass is 252 g/mol. The standard InChI is InChI=1S/C9H9BrN4/c1-2-14-6-12-13-9(14)8-7(10)4-3-5-11-8/h3-6H,2H2,1H3. The van der Waals surface area contributed by atoms with Gasteiger partial charge in [-0.3, -0.25) is 4.98 Å². The van der Waals surface area contributed by atoms with Crippen molar-refractivity contribution in [1.82, 2.24) is 19.7 Å². The first kappa shape index (κ1) is 9.33. The predicted molar refractivity (Wildman–Crippen MR) is 56.6 cm³/mol. The van der Waals surface area contributed by atoms with E-state index in [1.165, 1.54) is 0 Å². The van der Waals surface area contributed by atoms with Crippen molar-refractivity contribution >= 4 is 15.9 Å². The molecule has 0 spiro atoms. The van der Waals surface area contributed by atoms with E-state index < -0.39 is 0 Å². The normalized spacial score (nSPS) is 10.4. The van der Waals surface area contributed by atoms with Gasteiger partial charge in [0.2, 0.25) is 0 Å². The molecule has 0 radical (unpaired) electrons. The van der Waals surface area contributed by atoms with Crippen LogP contribution in [-0.2, 0) is 6.54 Å². The third-order valence-corrected chi connectivity index (χ3v) is 2.57. The van der Waals surface area contributed by atoms with E-state index in [4.69, 9.17) is 0 Å². The van der Waals surface area contributed by atoms with Crippen molar-refractivity contribution < 1.29 is 0 Å². The van der Waals surface area contributed by atoms with Crippen LogP contribution in [-0.4, -0.2) is 19.7 Å². The maximum absolute atomic E-state index is 4.26. The lowest BCUT2D eigenvalue weighted by Gasteiger charge is -2.03. The molecule has 0 aliphatic heterocycles. The second-order valence-corrected chi connectivity index (χ2v) is 3.63. The molecule has 5 heteroatoms. The lowest BCUT2D eigenvalue weighted by molar-refractivity contribution is 0.764. The summed E-state index contributed by atoms with van der Waals surface area (Å²) in [6.45, 7) is 2.88. The van der Waals surface area contributed by atoms with Crippen LogP contribution >= 0.6 is 15.9 Å². The number of pyridine rings is 1. The molecule has 0 aliphatic carbocycles. The second-order valence-electron chi connectivity index (χ2n) is 2.77. The molecule has 72 valence electrons. The van der Waals surface area contributed by atoms with E-state index in [1.807, 2.05) is 23.6 Å². The molecule has 0 saturated heterocycles. The van der Waals surface area contributed by atoms with Crippen molar-refractivity contribution in [1.29, 1.82) is 0 Å². The quantitative estimate of drug-likeness (QED) is 0.823. The molecule has 0 fully saturated rings. The van der Waals surface area contributed by atoms with Gasteiger partial charge in [-0.25, -0.2) is 0 Å². The van der Waals surface area contributed by atoms with Crippen LogP contribution in [0.15, 0.2) is 29.1 Å². The molecular formula is C9H9BrN4. The highest BCUT2D eigenvalue weighted by atomic mass is 79.9. The van der Waals surface area contributed by atoms with Crippen molar-refractivity contribution in [2.75, 3.05) is 0 Å². The van der Waals surface area contributed by atoms with Gasteiger partial charge >= 0.3 is 0 Å². The molecule has 0 N–H and O–H groups in total. The van der Waals surface area contributed by atoms with Crippen LogP contribution in [0.3, 0.4) is 0 Å². The van der Waals surface area contributed by atoms with Gasteiger partial charge in [-0.05, 0) is 35.0 Å². The molecule has 2 rings (SSSR count). The number of halogens is 1. The van der Waals surface area contributed by atoms with Gasteiger partial charge in [-0.1, -0.05) is 0 Å². The van der Waals surface area contributed by atoms with E-state index in [0.717, 1.165) is 22.5 Å². The van der Waals surface area contributed by atoms with Crippen molar-refractivity contribution in [3.05, 3.63) is 29.1 Å². The molecule has 0 unspecified atom stereocenters. The van der Waals surface area contributed by atoms with Crippen LogP contribution < -0.4 is 0 Å². The van der Waals surface area contributed by atoms with Crippen LogP contribution in [0.4, 0.5) is 0 Å². The lowest BCUT2D eigenvalue weighted by atomic mass is 10.3. The third kappa shape index (κ3) is 1.55.